The highest BCUT2D eigenvalue weighted by Crippen LogP contribution is 2.41. The average molecular weight is 256 g/mol. The molecule has 1 unspecified atom stereocenters. The van der Waals surface area contributed by atoms with Gasteiger partial charge in [-0.1, -0.05) is 19.9 Å². The third-order valence-electron chi connectivity index (χ3n) is 3.92. The summed E-state index contributed by atoms with van der Waals surface area (Å²) in [7, 11) is 0. The Morgan fingerprint density at radius 1 is 1.37 bits per heavy atom. The molecule has 2 aromatic rings. The lowest BCUT2D eigenvalue weighted by Gasteiger charge is -2.33. The highest BCUT2D eigenvalue weighted by Gasteiger charge is 2.33. The standard InChI is InChI=1S/C16H20N2O/c1-16(2)9-14-13(15(19)10-16)6-8-18(14)11-12-5-3-4-7-17-12/h3-8,15,19H,9-11H2,1-2H3. The van der Waals surface area contributed by atoms with Crippen LogP contribution in [0.1, 0.15) is 43.3 Å². The Kier molecular flexibility index (Phi) is 2.94. The number of hydrogen-bond acceptors (Lipinski definition) is 2. The number of aliphatic hydroxyl groups excluding tert-OH is 1. The van der Waals surface area contributed by atoms with Crippen LogP contribution in [0.3, 0.4) is 0 Å². The van der Waals surface area contributed by atoms with Gasteiger partial charge in [-0.2, -0.15) is 0 Å². The minimum absolute atomic E-state index is 0.159. The van der Waals surface area contributed by atoms with Gasteiger partial charge >= 0.3 is 0 Å². The molecule has 1 N–H and O–H groups in total. The van der Waals surface area contributed by atoms with Crippen molar-refractivity contribution in [2.45, 2.75) is 39.3 Å². The summed E-state index contributed by atoms with van der Waals surface area (Å²) in [6.07, 6.45) is 5.42. The van der Waals surface area contributed by atoms with Gasteiger partial charge < -0.3 is 9.67 Å². The Labute approximate surface area is 113 Å². The number of aromatic nitrogens is 2. The number of aliphatic hydroxyl groups is 1. The average Bonchev–Trinajstić information content (AvgIpc) is 2.72. The Balaban J connectivity index is 1.93. The Morgan fingerprint density at radius 3 is 2.95 bits per heavy atom. The maximum Gasteiger partial charge on any atom is 0.0812 e. The van der Waals surface area contributed by atoms with E-state index in [9.17, 15) is 5.11 Å². The maximum absolute atomic E-state index is 10.2. The SMILES string of the molecule is CC1(C)Cc2c(ccn2Cc2ccccn2)C(O)C1. The molecule has 0 bridgehead atoms. The van der Waals surface area contributed by atoms with Gasteiger partial charge in [-0.3, -0.25) is 4.98 Å². The molecule has 100 valence electrons. The number of hydrogen-bond donors (Lipinski definition) is 1. The first-order valence-corrected chi connectivity index (χ1v) is 6.81. The maximum atomic E-state index is 10.2. The van der Waals surface area contributed by atoms with Gasteiger partial charge in [-0.25, -0.2) is 0 Å². The van der Waals surface area contributed by atoms with E-state index in [1.54, 1.807) is 0 Å². The second-order valence-electron chi connectivity index (χ2n) is 6.23. The first kappa shape index (κ1) is 12.4. The zero-order valence-corrected chi connectivity index (χ0v) is 11.5. The summed E-state index contributed by atoms with van der Waals surface area (Å²) in [4.78, 5) is 4.37. The van der Waals surface area contributed by atoms with Gasteiger partial charge in [0.1, 0.15) is 0 Å². The fraction of sp³-hybridized carbons (Fsp3) is 0.438. The summed E-state index contributed by atoms with van der Waals surface area (Å²) in [5.41, 5.74) is 3.57. The van der Waals surface area contributed by atoms with Crippen molar-refractivity contribution in [3.05, 3.63) is 53.6 Å². The van der Waals surface area contributed by atoms with Gasteiger partial charge in [0, 0.05) is 23.7 Å². The van der Waals surface area contributed by atoms with Crippen molar-refractivity contribution in [3.63, 3.8) is 0 Å². The highest BCUT2D eigenvalue weighted by molar-refractivity contribution is 5.29. The molecule has 0 radical (unpaired) electrons. The molecular formula is C16H20N2O. The van der Waals surface area contributed by atoms with Gasteiger partial charge in [0.05, 0.1) is 18.3 Å². The molecule has 19 heavy (non-hydrogen) atoms. The Bertz CT molecular complexity index is 572. The summed E-state index contributed by atoms with van der Waals surface area (Å²) in [5, 5.41) is 10.2. The van der Waals surface area contributed by atoms with E-state index in [1.807, 2.05) is 24.4 Å². The molecule has 2 aromatic heterocycles. The molecule has 0 saturated carbocycles. The summed E-state index contributed by atoms with van der Waals surface area (Å²) in [6, 6.07) is 8.04. The molecule has 0 amide bonds. The number of rotatable bonds is 2. The Morgan fingerprint density at radius 2 is 2.21 bits per heavy atom. The van der Waals surface area contributed by atoms with Crippen molar-refractivity contribution >= 4 is 0 Å². The quantitative estimate of drug-likeness (QED) is 0.897. The van der Waals surface area contributed by atoms with E-state index in [-0.39, 0.29) is 11.5 Å². The predicted molar refractivity (Wildman–Crippen MR) is 74.8 cm³/mol. The van der Waals surface area contributed by atoms with Crippen LogP contribution < -0.4 is 0 Å². The van der Waals surface area contributed by atoms with Gasteiger partial charge in [0.15, 0.2) is 0 Å². The summed E-state index contributed by atoms with van der Waals surface area (Å²) >= 11 is 0. The third-order valence-corrected chi connectivity index (χ3v) is 3.92. The van der Waals surface area contributed by atoms with Crippen LogP contribution >= 0.6 is 0 Å². The monoisotopic (exact) mass is 256 g/mol. The largest absolute Gasteiger partial charge is 0.388 e. The van der Waals surface area contributed by atoms with Crippen LogP contribution in [-0.4, -0.2) is 14.7 Å². The van der Waals surface area contributed by atoms with Crippen molar-refractivity contribution in [1.29, 1.82) is 0 Å². The van der Waals surface area contributed by atoms with Gasteiger partial charge in [0.2, 0.25) is 0 Å². The van der Waals surface area contributed by atoms with Crippen LogP contribution in [0.4, 0.5) is 0 Å². The summed E-state index contributed by atoms with van der Waals surface area (Å²) < 4.78 is 2.22. The topological polar surface area (TPSA) is 38.0 Å². The normalized spacial score (nSPS) is 21.1. The molecule has 3 heteroatoms. The van der Waals surface area contributed by atoms with E-state index in [0.29, 0.717) is 0 Å². The number of nitrogens with zero attached hydrogens (tertiary/aromatic N) is 2. The Hall–Kier alpha value is -1.61. The van der Waals surface area contributed by atoms with E-state index in [0.717, 1.165) is 30.6 Å². The summed E-state index contributed by atoms with van der Waals surface area (Å²) in [5.74, 6) is 0. The molecule has 3 rings (SSSR count). The van der Waals surface area contributed by atoms with E-state index in [2.05, 4.69) is 35.7 Å². The summed E-state index contributed by atoms with van der Waals surface area (Å²) in [6.45, 7) is 5.22. The molecule has 0 spiro atoms. The first-order chi connectivity index (χ1) is 9.05. The van der Waals surface area contributed by atoms with Crippen molar-refractivity contribution in [2.75, 3.05) is 0 Å². The second-order valence-corrected chi connectivity index (χ2v) is 6.23. The zero-order valence-electron chi connectivity index (χ0n) is 11.5. The first-order valence-electron chi connectivity index (χ1n) is 6.81. The minimum atomic E-state index is -0.330. The zero-order chi connectivity index (χ0) is 13.5. The van der Waals surface area contributed by atoms with Crippen molar-refractivity contribution in [1.82, 2.24) is 9.55 Å². The molecule has 0 aliphatic heterocycles. The fourth-order valence-electron chi connectivity index (χ4n) is 3.00. The molecule has 1 aliphatic rings. The third kappa shape index (κ3) is 2.43. The van der Waals surface area contributed by atoms with Crippen molar-refractivity contribution in [2.24, 2.45) is 5.41 Å². The minimum Gasteiger partial charge on any atom is -0.388 e. The number of fused-ring (bicyclic) bond motifs is 1. The van der Waals surface area contributed by atoms with E-state index in [1.165, 1.54) is 5.69 Å². The van der Waals surface area contributed by atoms with Crippen LogP contribution in [0.25, 0.3) is 0 Å². The van der Waals surface area contributed by atoms with Crippen LogP contribution in [0, 0.1) is 5.41 Å². The lowest BCUT2D eigenvalue weighted by Crippen LogP contribution is -2.26. The van der Waals surface area contributed by atoms with Crippen molar-refractivity contribution < 1.29 is 5.11 Å². The smallest absolute Gasteiger partial charge is 0.0812 e. The van der Waals surface area contributed by atoms with Crippen molar-refractivity contribution in [3.8, 4) is 0 Å². The van der Waals surface area contributed by atoms with E-state index in [4.69, 9.17) is 0 Å². The predicted octanol–water partition coefficient (Wildman–Crippen LogP) is 2.94. The number of pyridine rings is 1. The van der Waals surface area contributed by atoms with E-state index < -0.39 is 0 Å². The van der Waals surface area contributed by atoms with Crippen LogP contribution in [-0.2, 0) is 13.0 Å². The molecule has 2 heterocycles. The van der Waals surface area contributed by atoms with Gasteiger partial charge in [-0.05, 0) is 36.5 Å². The van der Waals surface area contributed by atoms with Gasteiger partial charge in [0.25, 0.3) is 0 Å². The van der Waals surface area contributed by atoms with Gasteiger partial charge in [-0.15, -0.1) is 0 Å². The van der Waals surface area contributed by atoms with E-state index >= 15 is 0 Å². The molecule has 1 atom stereocenters. The lowest BCUT2D eigenvalue weighted by molar-refractivity contribution is 0.0981. The fourth-order valence-corrected chi connectivity index (χ4v) is 3.00. The second kappa shape index (κ2) is 4.49. The van der Waals surface area contributed by atoms with Crippen LogP contribution in [0.5, 0.6) is 0 Å². The van der Waals surface area contributed by atoms with Crippen LogP contribution in [0.2, 0.25) is 0 Å². The molecule has 0 aromatic carbocycles. The van der Waals surface area contributed by atoms with Crippen LogP contribution in [0.15, 0.2) is 36.7 Å². The lowest BCUT2D eigenvalue weighted by atomic mass is 9.75. The highest BCUT2D eigenvalue weighted by atomic mass is 16.3. The molecular weight excluding hydrogens is 236 g/mol. The molecule has 3 nitrogen and oxygen atoms in total. The molecule has 1 aliphatic carbocycles. The molecule has 0 saturated heterocycles. The molecule has 0 fully saturated rings.